The van der Waals surface area contributed by atoms with E-state index in [1.807, 2.05) is 6.92 Å². The lowest BCUT2D eigenvalue weighted by atomic mass is 10.2. The van der Waals surface area contributed by atoms with Crippen molar-refractivity contribution >= 4 is 10.0 Å². The first-order valence-corrected chi connectivity index (χ1v) is 8.05. The first kappa shape index (κ1) is 17.0. The molecule has 1 N–H and O–H groups in total. The van der Waals surface area contributed by atoms with E-state index in [0.29, 0.717) is 6.42 Å². The highest BCUT2D eigenvalue weighted by Gasteiger charge is 2.24. The zero-order chi connectivity index (χ0) is 15.2. The van der Waals surface area contributed by atoms with Crippen LogP contribution in [0, 0.1) is 11.6 Å². The zero-order valence-corrected chi connectivity index (χ0v) is 12.2. The third-order valence-corrected chi connectivity index (χ3v) is 4.70. The van der Waals surface area contributed by atoms with Crippen molar-refractivity contribution in [2.75, 3.05) is 19.7 Å². The highest BCUT2D eigenvalue weighted by molar-refractivity contribution is 7.88. The summed E-state index contributed by atoms with van der Waals surface area (Å²) in [4.78, 5) is 0. The lowest BCUT2D eigenvalue weighted by Crippen LogP contribution is -2.35. The summed E-state index contributed by atoms with van der Waals surface area (Å²) in [5.74, 6) is -2.50. The summed E-state index contributed by atoms with van der Waals surface area (Å²) < 4.78 is 52.5. The van der Waals surface area contributed by atoms with Gasteiger partial charge in [0, 0.05) is 18.7 Å². The molecule has 7 heteroatoms. The summed E-state index contributed by atoms with van der Waals surface area (Å²) in [6, 6.07) is 3.23. The van der Waals surface area contributed by atoms with Crippen LogP contribution >= 0.6 is 0 Å². The van der Waals surface area contributed by atoms with Crippen molar-refractivity contribution < 1.29 is 22.3 Å². The van der Waals surface area contributed by atoms with Crippen LogP contribution in [0.3, 0.4) is 0 Å². The molecule has 0 atom stereocenters. The third-order valence-electron chi connectivity index (χ3n) is 2.89. The molecule has 0 heterocycles. The second kappa shape index (κ2) is 7.66. The van der Waals surface area contributed by atoms with Crippen LogP contribution in [-0.4, -0.2) is 37.5 Å². The van der Waals surface area contributed by atoms with E-state index in [2.05, 4.69) is 0 Å². The number of rotatable bonds is 8. The van der Waals surface area contributed by atoms with E-state index >= 15 is 0 Å². The molecule has 4 nitrogen and oxygen atoms in total. The van der Waals surface area contributed by atoms with E-state index in [0.717, 1.165) is 22.9 Å². The molecular weight excluding hydrogens is 288 g/mol. The van der Waals surface area contributed by atoms with E-state index in [-0.39, 0.29) is 19.7 Å². The van der Waals surface area contributed by atoms with Crippen LogP contribution in [0.1, 0.15) is 25.3 Å². The number of halogens is 2. The topological polar surface area (TPSA) is 57.6 Å². The van der Waals surface area contributed by atoms with Crippen LogP contribution in [0.15, 0.2) is 18.2 Å². The molecule has 0 aliphatic heterocycles. The molecule has 0 radical (unpaired) electrons. The van der Waals surface area contributed by atoms with Crippen molar-refractivity contribution in [3.63, 3.8) is 0 Å². The van der Waals surface area contributed by atoms with E-state index in [4.69, 9.17) is 5.11 Å². The highest BCUT2D eigenvalue weighted by atomic mass is 32.2. The first-order valence-electron chi connectivity index (χ1n) is 6.44. The average Bonchev–Trinajstić information content (AvgIpc) is 2.39. The Kier molecular flexibility index (Phi) is 6.51. The molecule has 0 bridgehead atoms. The molecule has 0 unspecified atom stereocenters. The van der Waals surface area contributed by atoms with Gasteiger partial charge in [0.05, 0.1) is 12.4 Å². The summed E-state index contributed by atoms with van der Waals surface area (Å²) in [6.07, 6.45) is 1.41. The predicted octanol–water partition coefficient (Wildman–Crippen LogP) is 1.89. The third kappa shape index (κ3) is 4.50. The van der Waals surface area contributed by atoms with Gasteiger partial charge < -0.3 is 5.11 Å². The fraction of sp³-hybridized carbons (Fsp3) is 0.538. The summed E-state index contributed by atoms with van der Waals surface area (Å²) in [5, 5.41) is 8.92. The summed E-state index contributed by atoms with van der Waals surface area (Å²) in [6.45, 7) is 1.73. The molecule has 0 amide bonds. The lowest BCUT2D eigenvalue weighted by molar-refractivity contribution is 0.252. The van der Waals surface area contributed by atoms with Gasteiger partial charge in [-0.05, 0) is 18.6 Å². The van der Waals surface area contributed by atoms with E-state index in [1.165, 1.54) is 6.07 Å². The fourth-order valence-corrected chi connectivity index (χ4v) is 3.37. The standard InChI is InChI=1S/C13H19F2NO3S/c1-2-3-7-16(8-9-17)20(18,19)10-11-12(14)5-4-6-13(11)15/h4-6,17H,2-3,7-10H2,1H3. The minimum atomic E-state index is -3.86. The fourth-order valence-electron chi connectivity index (χ4n) is 1.78. The Morgan fingerprint density at radius 1 is 1.20 bits per heavy atom. The Balaban J connectivity index is 2.96. The Hall–Kier alpha value is -1.05. The second-order valence-corrected chi connectivity index (χ2v) is 6.40. The average molecular weight is 307 g/mol. The van der Waals surface area contributed by atoms with Crippen LogP contribution in [-0.2, 0) is 15.8 Å². The van der Waals surface area contributed by atoms with Crippen molar-refractivity contribution in [1.82, 2.24) is 4.31 Å². The van der Waals surface area contributed by atoms with Crippen LogP contribution < -0.4 is 0 Å². The van der Waals surface area contributed by atoms with Crippen LogP contribution in [0.2, 0.25) is 0 Å². The van der Waals surface area contributed by atoms with Gasteiger partial charge in [-0.3, -0.25) is 0 Å². The molecular formula is C13H19F2NO3S. The van der Waals surface area contributed by atoms with E-state index in [1.54, 1.807) is 0 Å². The summed E-state index contributed by atoms with van der Waals surface area (Å²) in [7, 11) is -3.86. The molecule has 1 aromatic carbocycles. The molecule has 0 spiro atoms. The minimum absolute atomic E-state index is 0.0710. The number of nitrogens with zero attached hydrogens (tertiary/aromatic N) is 1. The lowest BCUT2D eigenvalue weighted by Gasteiger charge is -2.21. The molecule has 1 rings (SSSR count). The first-order chi connectivity index (χ1) is 9.42. The van der Waals surface area contributed by atoms with Gasteiger partial charge in [0.15, 0.2) is 0 Å². The number of aliphatic hydroxyl groups excluding tert-OH is 1. The van der Waals surface area contributed by atoms with Crippen LogP contribution in [0.4, 0.5) is 8.78 Å². The number of aliphatic hydroxyl groups is 1. The maximum absolute atomic E-state index is 13.5. The van der Waals surface area contributed by atoms with Crippen molar-refractivity contribution in [3.05, 3.63) is 35.4 Å². The Labute approximate surface area is 118 Å². The summed E-state index contributed by atoms with van der Waals surface area (Å²) >= 11 is 0. The zero-order valence-electron chi connectivity index (χ0n) is 11.3. The van der Waals surface area contributed by atoms with Gasteiger partial charge in [0.1, 0.15) is 11.6 Å². The van der Waals surface area contributed by atoms with E-state index in [9.17, 15) is 17.2 Å². The summed E-state index contributed by atoms with van der Waals surface area (Å²) in [5.41, 5.74) is -0.466. The number of unbranched alkanes of at least 4 members (excludes halogenated alkanes) is 1. The van der Waals surface area contributed by atoms with Gasteiger partial charge in [0.25, 0.3) is 0 Å². The molecule has 0 saturated carbocycles. The van der Waals surface area contributed by atoms with Crippen molar-refractivity contribution in [2.45, 2.75) is 25.5 Å². The molecule has 0 fully saturated rings. The molecule has 0 saturated heterocycles. The Morgan fingerprint density at radius 2 is 1.80 bits per heavy atom. The van der Waals surface area contributed by atoms with Gasteiger partial charge in [-0.25, -0.2) is 17.2 Å². The number of benzene rings is 1. The molecule has 0 aliphatic rings. The van der Waals surface area contributed by atoms with Gasteiger partial charge in [0.2, 0.25) is 10.0 Å². The minimum Gasteiger partial charge on any atom is -0.395 e. The number of hydrogen-bond donors (Lipinski definition) is 1. The van der Waals surface area contributed by atoms with Crippen molar-refractivity contribution in [1.29, 1.82) is 0 Å². The Bertz CT molecular complexity index is 514. The van der Waals surface area contributed by atoms with E-state index < -0.39 is 33.0 Å². The smallest absolute Gasteiger partial charge is 0.218 e. The SMILES string of the molecule is CCCCN(CCO)S(=O)(=O)Cc1c(F)cccc1F. The van der Waals surface area contributed by atoms with Gasteiger partial charge >= 0.3 is 0 Å². The van der Waals surface area contributed by atoms with Crippen molar-refractivity contribution in [3.8, 4) is 0 Å². The molecule has 20 heavy (non-hydrogen) atoms. The van der Waals surface area contributed by atoms with Crippen LogP contribution in [0.25, 0.3) is 0 Å². The molecule has 0 aliphatic carbocycles. The van der Waals surface area contributed by atoms with Crippen molar-refractivity contribution in [2.24, 2.45) is 0 Å². The predicted molar refractivity (Wildman–Crippen MR) is 72.5 cm³/mol. The largest absolute Gasteiger partial charge is 0.395 e. The normalized spacial score (nSPS) is 12.1. The van der Waals surface area contributed by atoms with Gasteiger partial charge in [-0.15, -0.1) is 0 Å². The maximum atomic E-state index is 13.5. The monoisotopic (exact) mass is 307 g/mol. The molecule has 0 aromatic heterocycles. The highest BCUT2D eigenvalue weighted by Crippen LogP contribution is 2.18. The second-order valence-electron chi connectivity index (χ2n) is 4.43. The Morgan fingerprint density at radius 3 is 2.30 bits per heavy atom. The molecule has 114 valence electrons. The van der Waals surface area contributed by atoms with Crippen LogP contribution in [0.5, 0.6) is 0 Å². The number of hydrogen-bond acceptors (Lipinski definition) is 3. The van der Waals surface area contributed by atoms with Gasteiger partial charge in [-0.1, -0.05) is 19.4 Å². The van der Waals surface area contributed by atoms with Gasteiger partial charge in [-0.2, -0.15) is 4.31 Å². The number of sulfonamides is 1. The maximum Gasteiger partial charge on any atom is 0.218 e. The molecule has 1 aromatic rings. The quantitative estimate of drug-likeness (QED) is 0.798.